The van der Waals surface area contributed by atoms with Crippen LogP contribution in [0.15, 0.2) is 58.1 Å². The summed E-state index contributed by atoms with van der Waals surface area (Å²) in [5.74, 6) is -0.313. The van der Waals surface area contributed by atoms with E-state index in [1.165, 1.54) is 5.01 Å². The maximum absolute atomic E-state index is 12.8. The summed E-state index contributed by atoms with van der Waals surface area (Å²) in [6.07, 6.45) is 1.01. The molecule has 0 bridgehead atoms. The number of hydrogen-bond donors (Lipinski definition) is 1. The Kier molecular flexibility index (Phi) is 6.46. The zero-order valence-electron chi connectivity index (χ0n) is 15.5. The topological polar surface area (TPSA) is 79.2 Å². The fourth-order valence-corrected chi connectivity index (χ4v) is 3.41. The van der Waals surface area contributed by atoms with E-state index in [2.05, 4.69) is 21.0 Å². The van der Waals surface area contributed by atoms with E-state index in [4.69, 9.17) is 9.84 Å². The Labute approximate surface area is 171 Å². The van der Waals surface area contributed by atoms with Crippen LogP contribution in [-0.4, -0.2) is 34.8 Å². The molecule has 0 fully saturated rings. The number of benzene rings is 2. The van der Waals surface area contributed by atoms with Crippen molar-refractivity contribution in [2.45, 2.75) is 31.7 Å². The van der Waals surface area contributed by atoms with Gasteiger partial charge in [0.1, 0.15) is 5.75 Å². The van der Waals surface area contributed by atoms with Gasteiger partial charge in [0, 0.05) is 23.7 Å². The molecular formula is C21H21BrN2O4. The van der Waals surface area contributed by atoms with E-state index in [0.717, 1.165) is 27.1 Å². The van der Waals surface area contributed by atoms with Crippen LogP contribution in [0.1, 0.15) is 42.9 Å². The molecule has 1 atom stereocenters. The molecule has 7 heteroatoms. The smallest absolute Gasteiger partial charge is 0.303 e. The summed E-state index contributed by atoms with van der Waals surface area (Å²) in [6, 6.07) is 15.2. The normalized spacial score (nSPS) is 16.0. The number of carbonyl (C=O) groups is 2. The number of hydrogen-bond acceptors (Lipinski definition) is 4. The second-order valence-corrected chi connectivity index (χ2v) is 7.45. The standard InChI is InChI=1S/C21H21BrN2O4/c1-28-17-11-7-14(8-12-17)18-13-19(15-5-9-16(22)10-6-15)24(23-18)20(25)3-2-4-21(26)27/h5-12,19H,2-4,13H2,1H3,(H,26,27)/t19-/m1/s1. The van der Waals surface area contributed by atoms with Crippen LogP contribution in [0.2, 0.25) is 0 Å². The second kappa shape index (κ2) is 9.01. The highest BCUT2D eigenvalue weighted by Gasteiger charge is 2.32. The summed E-state index contributed by atoms with van der Waals surface area (Å²) in [5, 5.41) is 14.9. The Morgan fingerprint density at radius 2 is 1.82 bits per heavy atom. The number of methoxy groups -OCH3 is 1. The summed E-state index contributed by atoms with van der Waals surface area (Å²) >= 11 is 3.43. The van der Waals surface area contributed by atoms with Gasteiger partial charge in [0.05, 0.1) is 18.9 Å². The largest absolute Gasteiger partial charge is 0.497 e. The molecule has 1 aliphatic rings. The van der Waals surface area contributed by atoms with Crippen LogP contribution in [-0.2, 0) is 9.59 Å². The fraction of sp³-hybridized carbons (Fsp3) is 0.286. The van der Waals surface area contributed by atoms with Gasteiger partial charge in [0.15, 0.2) is 0 Å². The van der Waals surface area contributed by atoms with Crippen molar-refractivity contribution in [1.82, 2.24) is 5.01 Å². The first-order valence-electron chi connectivity index (χ1n) is 8.99. The lowest BCUT2D eigenvalue weighted by molar-refractivity contribution is -0.137. The molecule has 1 aliphatic heterocycles. The summed E-state index contributed by atoms with van der Waals surface area (Å²) in [4.78, 5) is 23.5. The second-order valence-electron chi connectivity index (χ2n) is 6.53. The zero-order valence-corrected chi connectivity index (χ0v) is 17.1. The van der Waals surface area contributed by atoms with Crippen LogP contribution in [0.4, 0.5) is 0 Å². The molecule has 146 valence electrons. The van der Waals surface area contributed by atoms with Gasteiger partial charge in [-0.05, 0) is 53.9 Å². The summed E-state index contributed by atoms with van der Waals surface area (Å²) in [5.41, 5.74) is 2.74. The van der Waals surface area contributed by atoms with E-state index >= 15 is 0 Å². The van der Waals surface area contributed by atoms with Crippen LogP contribution in [0.25, 0.3) is 0 Å². The molecule has 28 heavy (non-hydrogen) atoms. The molecule has 0 aromatic heterocycles. The predicted octanol–water partition coefficient (Wildman–Crippen LogP) is 4.39. The Balaban J connectivity index is 1.84. The van der Waals surface area contributed by atoms with E-state index in [9.17, 15) is 9.59 Å². The number of carboxylic acids is 1. The van der Waals surface area contributed by atoms with Crippen molar-refractivity contribution in [3.05, 3.63) is 64.1 Å². The zero-order chi connectivity index (χ0) is 20.1. The van der Waals surface area contributed by atoms with Gasteiger partial charge in [-0.25, -0.2) is 5.01 Å². The molecule has 1 amide bonds. The number of aliphatic carboxylic acids is 1. The van der Waals surface area contributed by atoms with Crippen molar-refractivity contribution in [2.75, 3.05) is 7.11 Å². The highest BCUT2D eigenvalue weighted by molar-refractivity contribution is 9.10. The Hall–Kier alpha value is -2.67. The van der Waals surface area contributed by atoms with Crippen molar-refractivity contribution < 1.29 is 19.4 Å². The van der Waals surface area contributed by atoms with Gasteiger partial charge in [-0.1, -0.05) is 28.1 Å². The maximum atomic E-state index is 12.8. The van der Waals surface area contributed by atoms with Gasteiger partial charge in [-0.3, -0.25) is 9.59 Å². The summed E-state index contributed by atoms with van der Waals surface area (Å²) in [6.45, 7) is 0. The van der Waals surface area contributed by atoms with E-state index in [-0.39, 0.29) is 24.8 Å². The van der Waals surface area contributed by atoms with Crippen molar-refractivity contribution in [2.24, 2.45) is 5.10 Å². The fourth-order valence-electron chi connectivity index (χ4n) is 3.15. The Morgan fingerprint density at radius 3 is 2.43 bits per heavy atom. The SMILES string of the molecule is COc1ccc(C2=NN(C(=O)CCCC(=O)O)[C@@H](c3ccc(Br)cc3)C2)cc1. The Bertz CT molecular complexity index is 878. The van der Waals surface area contributed by atoms with E-state index in [1.54, 1.807) is 7.11 Å². The molecule has 0 spiro atoms. The monoisotopic (exact) mass is 444 g/mol. The van der Waals surface area contributed by atoms with Crippen molar-refractivity contribution in [3.8, 4) is 5.75 Å². The molecule has 6 nitrogen and oxygen atoms in total. The number of carboxylic acid groups (broad SMARTS) is 1. The molecule has 0 aliphatic carbocycles. The van der Waals surface area contributed by atoms with Gasteiger partial charge in [-0.2, -0.15) is 5.10 Å². The van der Waals surface area contributed by atoms with Gasteiger partial charge in [-0.15, -0.1) is 0 Å². The molecule has 1 heterocycles. The highest BCUT2D eigenvalue weighted by atomic mass is 79.9. The third-order valence-electron chi connectivity index (χ3n) is 4.63. The number of amides is 1. The molecule has 0 unspecified atom stereocenters. The molecule has 0 saturated heterocycles. The van der Waals surface area contributed by atoms with E-state index in [0.29, 0.717) is 12.8 Å². The maximum Gasteiger partial charge on any atom is 0.303 e. The minimum Gasteiger partial charge on any atom is -0.497 e. The quantitative estimate of drug-likeness (QED) is 0.686. The molecule has 2 aromatic rings. The average molecular weight is 445 g/mol. The lowest BCUT2D eigenvalue weighted by Gasteiger charge is -2.22. The van der Waals surface area contributed by atoms with Crippen molar-refractivity contribution in [1.29, 1.82) is 0 Å². The van der Waals surface area contributed by atoms with Gasteiger partial charge >= 0.3 is 5.97 Å². The van der Waals surface area contributed by atoms with Crippen LogP contribution in [0.5, 0.6) is 5.75 Å². The van der Waals surface area contributed by atoms with Crippen LogP contribution >= 0.6 is 15.9 Å². The number of ether oxygens (including phenoxy) is 1. The minimum absolute atomic E-state index is 0.0302. The molecule has 1 N–H and O–H groups in total. The number of carbonyl (C=O) groups excluding carboxylic acids is 1. The first-order chi connectivity index (χ1) is 13.5. The predicted molar refractivity (Wildman–Crippen MR) is 109 cm³/mol. The van der Waals surface area contributed by atoms with Crippen LogP contribution < -0.4 is 4.74 Å². The van der Waals surface area contributed by atoms with Gasteiger partial charge < -0.3 is 9.84 Å². The number of halogens is 1. The molecule has 0 radical (unpaired) electrons. The summed E-state index contributed by atoms with van der Waals surface area (Å²) < 4.78 is 6.16. The Morgan fingerprint density at radius 1 is 1.14 bits per heavy atom. The molecule has 2 aromatic carbocycles. The lowest BCUT2D eigenvalue weighted by atomic mass is 9.98. The van der Waals surface area contributed by atoms with Gasteiger partial charge in [0.2, 0.25) is 5.91 Å². The first-order valence-corrected chi connectivity index (χ1v) is 9.78. The average Bonchev–Trinajstić information content (AvgIpc) is 3.14. The lowest BCUT2D eigenvalue weighted by Crippen LogP contribution is -2.27. The first kappa shape index (κ1) is 20.1. The third kappa shape index (κ3) is 4.78. The van der Waals surface area contributed by atoms with Crippen LogP contribution in [0, 0.1) is 0 Å². The highest BCUT2D eigenvalue weighted by Crippen LogP contribution is 2.34. The summed E-state index contributed by atoms with van der Waals surface area (Å²) in [7, 11) is 1.61. The van der Waals surface area contributed by atoms with Crippen molar-refractivity contribution >= 4 is 33.5 Å². The van der Waals surface area contributed by atoms with Crippen LogP contribution in [0.3, 0.4) is 0 Å². The van der Waals surface area contributed by atoms with Gasteiger partial charge in [0.25, 0.3) is 0 Å². The number of nitrogens with zero attached hydrogens (tertiary/aromatic N) is 2. The minimum atomic E-state index is -0.902. The molecule has 3 rings (SSSR count). The van der Waals surface area contributed by atoms with E-state index < -0.39 is 5.97 Å². The number of rotatable bonds is 7. The number of hydrazone groups is 1. The molecular weight excluding hydrogens is 424 g/mol. The third-order valence-corrected chi connectivity index (χ3v) is 5.15. The van der Waals surface area contributed by atoms with Crippen molar-refractivity contribution in [3.63, 3.8) is 0 Å². The molecule has 0 saturated carbocycles. The van der Waals surface area contributed by atoms with E-state index in [1.807, 2.05) is 48.5 Å².